The van der Waals surface area contributed by atoms with Gasteiger partial charge >= 0.3 is 0 Å². The number of methoxy groups -OCH3 is 1. The van der Waals surface area contributed by atoms with Crippen LogP contribution in [-0.4, -0.2) is 28.4 Å². The summed E-state index contributed by atoms with van der Waals surface area (Å²) in [5.74, 6) is 0.645. The minimum Gasteiger partial charge on any atom is -0.495 e. The molecule has 1 atom stereocenters. The number of carbonyl (C=O) groups is 1. The number of ether oxygens (including phenoxy) is 1. The molecule has 0 bridgehead atoms. The van der Waals surface area contributed by atoms with Crippen LogP contribution in [0.5, 0.6) is 5.75 Å². The molecule has 0 fully saturated rings. The van der Waals surface area contributed by atoms with Gasteiger partial charge in [-0.25, -0.2) is 9.37 Å². The Labute approximate surface area is 192 Å². The summed E-state index contributed by atoms with van der Waals surface area (Å²) in [4.78, 5) is 17.3. The second-order valence-electron chi connectivity index (χ2n) is 7.56. The normalized spacial score (nSPS) is 12.5. The van der Waals surface area contributed by atoms with E-state index in [1.54, 1.807) is 25.6 Å². The number of carbonyl (C=O) groups excluding carboxylic acids is 1. The van der Waals surface area contributed by atoms with E-state index in [1.807, 2.05) is 48.9 Å². The highest BCUT2D eigenvalue weighted by molar-refractivity contribution is 6.17. The molecular formula is C25H27ClFN3O2. The lowest BCUT2D eigenvalue weighted by molar-refractivity contribution is -0.118. The molecule has 1 N–H and O–H groups in total. The number of rotatable bonds is 9. The van der Waals surface area contributed by atoms with Crippen molar-refractivity contribution in [2.75, 3.05) is 13.0 Å². The number of hydrogen-bond acceptors (Lipinski definition) is 3. The largest absolute Gasteiger partial charge is 0.495 e. The Hall–Kier alpha value is -3.12. The summed E-state index contributed by atoms with van der Waals surface area (Å²) in [7, 11) is 1.61. The maximum absolute atomic E-state index is 13.2. The Bertz CT molecular complexity index is 1090. The Balaban J connectivity index is 1.84. The first-order valence-corrected chi connectivity index (χ1v) is 11.0. The van der Waals surface area contributed by atoms with Gasteiger partial charge in [-0.1, -0.05) is 18.2 Å². The van der Waals surface area contributed by atoms with E-state index in [2.05, 4.69) is 10.3 Å². The van der Waals surface area contributed by atoms with E-state index in [0.29, 0.717) is 30.0 Å². The summed E-state index contributed by atoms with van der Waals surface area (Å²) in [6, 6.07) is 11.6. The van der Waals surface area contributed by atoms with Gasteiger partial charge in [0, 0.05) is 17.6 Å². The number of nitrogens with one attached hydrogen (secondary N) is 1. The van der Waals surface area contributed by atoms with Crippen LogP contribution in [-0.2, 0) is 4.79 Å². The minimum absolute atomic E-state index is 0.180. The van der Waals surface area contributed by atoms with Crippen molar-refractivity contribution in [1.82, 2.24) is 14.9 Å². The Morgan fingerprint density at radius 3 is 2.66 bits per heavy atom. The number of amides is 1. The lowest BCUT2D eigenvalue weighted by atomic mass is 10.0. The second-order valence-corrected chi connectivity index (χ2v) is 7.94. The summed E-state index contributed by atoms with van der Waals surface area (Å²) in [6.45, 7) is 3.80. The molecule has 0 saturated heterocycles. The molecule has 32 heavy (non-hydrogen) atoms. The van der Waals surface area contributed by atoms with Crippen LogP contribution in [0.1, 0.15) is 42.6 Å². The zero-order chi connectivity index (χ0) is 23.1. The van der Waals surface area contributed by atoms with E-state index < -0.39 is 0 Å². The van der Waals surface area contributed by atoms with Crippen LogP contribution in [0.15, 0.2) is 60.6 Å². The smallest absolute Gasteiger partial charge is 0.247 e. The first-order chi connectivity index (χ1) is 15.4. The van der Waals surface area contributed by atoms with E-state index in [9.17, 15) is 9.18 Å². The lowest BCUT2D eigenvalue weighted by Gasteiger charge is -2.16. The fourth-order valence-corrected chi connectivity index (χ4v) is 3.52. The van der Waals surface area contributed by atoms with Crippen molar-refractivity contribution < 1.29 is 13.9 Å². The van der Waals surface area contributed by atoms with Crippen molar-refractivity contribution in [1.29, 1.82) is 0 Å². The van der Waals surface area contributed by atoms with E-state index in [0.717, 1.165) is 22.5 Å². The molecule has 0 unspecified atom stereocenters. The zero-order valence-corrected chi connectivity index (χ0v) is 19.2. The van der Waals surface area contributed by atoms with Gasteiger partial charge in [-0.2, -0.15) is 0 Å². The minimum atomic E-state index is -0.307. The molecule has 1 aromatic heterocycles. The summed E-state index contributed by atoms with van der Waals surface area (Å²) in [5, 5.41) is 3.00. The number of alkyl halides is 1. The van der Waals surface area contributed by atoms with Crippen LogP contribution in [0.4, 0.5) is 4.39 Å². The molecule has 0 aliphatic heterocycles. The van der Waals surface area contributed by atoms with Crippen LogP contribution >= 0.6 is 11.6 Å². The molecule has 1 amide bonds. The van der Waals surface area contributed by atoms with Gasteiger partial charge in [0.1, 0.15) is 11.6 Å². The summed E-state index contributed by atoms with van der Waals surface area (Å²) in [6.07, 6.45) is 6.72. The van der Waals surface area contributed by atoms with Gasteiger partial charge in [-0.3, -0.25) is 4.79 Å². The molecule has 0 radical (unpaired) electrons. The van der Waals surface area contributed by atoms with Gasteiger partial charge in [0.15, 0.2) is 0 Å². The molecule has 0 aliphatic rings. The third-order valence-electron chi connectivity index (χ3n) is 5.12. The maximum atomic E-state index is 13.2. The number of nitrogens with zero attached hydrogens (tertiary/aromatic N) is 2. The summed E-state index contributed by atoms with van der Waals surface area (Å²) in [5.41, 5.74) is 4.07. The van der Waals surface area contributed by atoms with Crippen molar-refractivity contribution in [3.63, 3.8) is 0 Å². The highest BCUT2D eigenvalue weighted by Gasteiger charge is 2.15. The van der Waals surface area contributed by atoms with Crippen molar-refractivity contribution in [2.24, 2.45) is 0 Å². The van der Waals surface area contributed by atoms with Crippen LogP contribution < -0.4 is 10.1 Å². The fourth-order valence-electron chi connectivity index (χ4n) is 3.38. The highest BCUT2D eigenvalue weighted by Crippen LogP contribution is 2.26. The average Bonchev–Trinajstić information content (AvgIpc) is 3.22. The second kappa shape index (κ2) is 11.0. The topological polar surface area (TPSA) is 56.1 Å². The maximum Gasteiger partial charge on any atom is 0.247 e. The zero-order valence-electron chi connectivity index (χ0n) is 18.4. The quantitative estimate of drug-likeness (QED) is 0.337. The van der Waals surface area contributed by atoms with Gasteiger partial charge in [-0.05, 0) is 68.2 Å². The molecule has 5 nitrogen and oxygen atoms in total. The van der Waals surface area contributed by atoms with Crippen LogP contribution in [0, 0.1) is 12.7 Å². The number of aryl methyl sites for hydroxylation is 1. The molecule has 2 aromatic carbocycles. The molecule has 168 valence electrons. The predicted octanol–water partition coefficient (Wildman–Crippen LogP) is 5.61. The average molecular weight is 456 g/mol. The molecule has 0 saturated carbocycles. The molecular weight excluding hydrogens is 429 g/mol. The SMILES string of the molecule is COc1cc(/C=C(\CCCCl)C(=O)N[C@@H](C)c2ccc(F)cc2)ccc1-n1cnc(C)c1. The van der Waals surface area contributed by atoms with Crippen molar-refractivity contribution in [3.8, 4) is 11.4 Å². The number of benzene rings is 2. The molecule has 0 spiro atoms. The van der Waals surface area contributed by atoms with E-state index >= 15 is 0 Å². The standard InChI is InChI=1S/C25H27ClFN3O2/c1-17-15-30(16-28-17)23-11-6-19(14-24(23)32-3)13-21(5-4-12-26)25(31)29-18(2)20-7-9-22(27)10-8-20/h6-11,13-16,18H,4-5,12H2,1-3H3,(H,29,31)/b21-13+/t18-/m0/s1. The molecule has 0 aliphatic carbocycles. The van der Waals surface area contributed by atoms with Gasteiger partial charge in [0.25, 0.3) is 0 Å². The lowest BCUT2D eigenvalue weighted by Crippen LogP contribution is -2.28. The summed E-state index contributed by atoms with van der Waals surface area (Å²) < 4.78 is 20.7. The van der Waals surface area contributed by atoms with Crippen molar-refractivity contribution in [2.45, 2.75) is 32.7 Å². The van der Waals surface area contributed by atoms with E-state index in [-0.39, 0.29) is 17.8 Å². The number of imidazole rings is 1. The monoisotopic (exact) mass is 455 g/mol. The first kappa shape index (κ1) is 23.5. The third kappa shape index (κ3) is 5.98. The first-order valence-electron chi connectivity index (χ1n) is 10.4. The fraction of sp³-hybridized carbons (Fsp3) is 0.280. The number of aromatic nitrogens is 2. The molecule has 3 rings (SSSR count). The van der Waals surface area contributed by atoms with Gasteiger partial charge in [0.05, 0.1) is 30.9 Å². The Kier molecular flexibility index (Phi) is 8.06. The summed E-state index contributed by atoms with van der Waals surface area (Å²) >= 11 is 5.88. The molecule has 3 aromatic rings. The number of hydrogen-bond donors (Lipinski definition) is 1. The van der Waals surface area contributed by atoms with Crippen LogP contribution in [0.2, 0.25) is 0 Å². The molecule has 1 heterocycles. The van der Waals surface area contributed by atoms with Crippen molar-refractivity contribution >= 4 is 23.6 Å². The molecule has 7 heteroatoms. The van der Waals surface area contributed by atoms with Crippen LogP contribution in [0.3, 0.4) is 0 Å². The van der Waals surface area contributed by atoms with Gasteiger partial charge in [-0.15, -0.1) is 11.6 Å². The van der Waals surface area contributed by atoms with E-state index in [1.165, 1.54) is 12.1 Å². The van der Waals surface area contributed by atoms with Crippen LogP contribution in [0.25, 0.3) is 11.8 Å². The number of halogens is 2. The highest BCUT2D eigenvalue weighted by atomic mass is 35.5. The third-order valence-corrected chi connectivity index (χ3v) is 5.39. The van der Waals surface area contributed by atoms with Crippen molar-refractivity contribution in [3.05, 3.63) is 83.2 Å². The Morgan fingerprint density at radius 1 is 1.28 bits per heavy atom. The van der Waals surface area contributed by atoms with Gasteiger partial charge < -0.3 is 14.6 Å². The predicted molar refractivity (Wildman–Crippen MR) is 126 cm³/mol. The van der Waals surface area contributed by atoms with E-state index in [4.69, 9.17) is 16.3 Å². The Morgan fingerprint density at radius 2 is 2.03 bits per heavy atom. The van der Waals surface area contributed by atoms with Gasteiger partial charge in [0.2, 0.25) is 5.91 Å².